The molecule has 198 valence electrons. The fraction of sp³-hybridized carbons (Fsp3) is 0.241. The average molecular weight is 538 g/mol. The molecule has 0 saturated carbocycles. The van der Waals surface area contributed by atoms with E-state index in [2.05, 4.69) is 0 Å². The number of aliphatic hydroxyl groups is 1. The van der Waals surface area contributed by atoms with Crippen LogP contribution >= 0.6 is 11.6 Å². The highest BCUT2D eigenvalue weighted by Crippen LogP contribution is 2.43. The normalized spacial score (nSPS) is 16.5. The lowest BCUT2D eigenvalue weighted by Crippen LogP contribution is -2.32. The molecule has 38 heavy (non-hydrogen) atoms. The van der Waals surface area contributed by atoms with E-state index in [4.69, 9.17) is 30.5 Å². The Morgan fingerprint density at radius 1 is 0.947 bits per heavy atom. The topological polar surface area (TPSA) is 94.5 Å². The molecule has 0 radical (unpaired) electrons. The third-order valence-corrected chi connectivity index (χ3v) is 6.54. The van der Waals surface area contributed by atoms with Crippen LogP contribution < -0.4 is 14.2 Å². The van der Waals surface area contributed by atoms with Gasteiger partial charge in [0.15, 0.2) is 0 Å². The summed E-state index contributed by atoms with van der Waals surface area (Å²) >= 11 is 6.31. The molecule has 0 aromatic heterocycles. The van der Waals surface area contributed by atoms with Crippen molar-refractivity contribution in [2.24, 2.45) is 0 Å². The lowest BCUT2D eigenvalue weighted by molar-refractivity contribution is -0.140. The van der Waals surface area contributed by atoms with E-state index in [1.807, 2.05) is 30.3 Å². The van der Waals surface area contributed by atoms with Gasteiger partial charge in [0, 0.05) is 19.7 Å². The molecule has 8 nitrogen and oxygen atoms in total. The quantitative estimate of drug-likeness (QED) is 0.221. The van der Waals surface area contributed by atoms with Gasteiger partial charge in [0.25, 0.3) is 11.7 Å². The highest BCUT2D eigenvalue weighted by atomic mass is 35.5. The number of methoxy groups -OCH3 is 3. The molecule has 9 heteroatoms. The van der Waals surface area contributed by atoms with Gasteiger partial charge < -0.3 is 29.0 Å². The Hall–Kier alpha value is -4.01. The first kappa shape index (κ1) is 27.0. The molecular weight excluding hydrogens is 510 g/mol. The largest absolute Gasteiger partial charge is 0.507 e. The molecule has 1 heterocycles. The Labute approximate surface area is 225 Å². The smallest absolute Gasteiger partial charge is 0.295 e. The van der Waals surface area contributed by atoms with Gasteiger partial charge >= 0.3 is 0 Å². The first-order valence-electron chi connectivity index (χ1n) is 11.9. The lowest BCUT2D eigenvalue weighted by atomic mass is 9.95. The van der Waals surface area contributed by atoms with Crippen molar-refractivity contribution < 1.29 is 33.6 Å². The summed E-state index contributed by atoms with van der Waals surface area (Å²) in [6.45, 7) is 0.749. The molecule has 1 unspecified atom stereocenters. The number of ether oxygens (including phenoxy) is 4. The molecule has 3 aromatic carbocycles. The third-order valence-electron chi connectivity index (χ3n) is 6.25. The first-order chi connectivity index (χ1) is 18.4. The van der Waals surface area contributed by atoms with E-state index in [0.717, 1.165) is 5.56 Å². The molecular formula is C29H28ClNO7. The van der Waals surface area contributed by atoms with Gasteiger partial charge in [-0.25, -0.2) is 0 Å². The van der Waals surface area contributed by atoms with E-state index in [1.54, 1.807) is 24.3 Å². The highest BCUT2D eigenvalue weighted by molar-refractivity contribution is 6.46. The van der Waals surface area contributed by atoms with Gasteiger partial charge in [-0.1, -0.05) is 54.1 Å². The molecule has 1 aliphatic rings. The summed E-state index contributed by atoms with van der Waals surface area (Å²) in [4.78, 5) is 27.7. The van der Waals surface area contributed by atoms with Crippen molar-refractivity contribution in [2.45, 2.75) is 12.6 Å². The lowest BCUT2D eigenvalue weighted by Gasteiger charge is -2.25. The van der Waals surface area contributed by atoms with E-state index in [1.165, 1.54) is 38.4 Å². The number of hydrogen-bond donors (Lipinski definition) is 1. The van der Waals surface area contributed by atoms with Gasteiger partial charge in [0.2, 0.25) is 0 Å². The van der Waals surface area contributed by atoms with E-state index >= 15 is 0 Å². The van der Waals surface area contributed by atoms with Crippen LogP contribution in [0.25, 0.3) is 5.76 Å². The number of benzene rings is 3. The number of Topliss-reactive ketones (excluding diaryl/α,β-unsaturated/α-hetero) is 1. The van der Waals surface area contributed by atoms with E-state index in [9.17, 15) is 14.7 Å². The minimum absolute atomic E-state index is 0.0800. The van der Waals surface area contributed by atoms with Crippen LogP contribution in [0.2, 0.25) is 5.02 Å². The summed E-state index contributed by atoms with van der Waals surface area (Å²) in [6.07, 6.45) is 0. The standard InChI is InChI=1S/C29H28ClNO7/c1-35-14-13-31-26(19-9-11-20(12-10-19)38-17-18-7-5-4-6-8-18)25(28(33)29(31)34)27(32)21-15-22(30)24(37-3)16-23(21)36-2/h4-12,15-16,26,32H,13-14,17H2,1-3H3/b27-25+. The van der Waals surface area contributed by atoms with Crippen molar-refractivity contribution in [3.05, 3.63) is 94.0 Å². The third kappa shape index (κ3) is 5.46. The number of amides is 1. The maximum Gasteiger partial charge on any atom is 0.295 e. The minimum Gasteiger partial charge on any atom is -0.507 e. The molecule has 4 rings (SSSR count). The molecule has 0 bridgehead atoms. The summed E-state index contributed by atoms with van der Waals surface area (Å²) < 4.78 is 21.7. The van der Waals surface area contributed by atoms with Crippen molar-refractivity contribution in [1.29, 1.82) is 0 Å². The van der Waals surface area contributed by atoms with Crippen molar-refractivity contribution in [3.63, 3.8) is 0 Å². The SMILES string of the molecule is COCCN1C(=O)C(=O)/C(=C(/O)c2cc(Cl)c(OC)cc2OC)C1c1ccc(OCc2ccccc2)cc1. The number of rotatable bonds is 10. The number of carbonyl (C=O) groups excluding carboxylic acids is 2. The molecule has 3 aromatic rings. The Bertz CT molecular complexity index is 1340. The zero-order valence-corrected chi connectivity index (χ0v) is 22.0. The second-order valence-electron chi connectivity index (χ2n) is 8.52. The molecule has 1 fully saturated rings. The Balaban J connectivity index is 1.75. The summed E-state index contributed by atoms with van der Waals surface area (Å²) in [5, 5.41) is 11.6. The van der Waals surface area contributed by atoms with Gasteiger partial charge in [-0.15, -0.1) is 0 Å². The van der Waals surface area contributed by atoms with Crippen LogP contribution in [-0.4, -0.2) is 56.2 Å². The number of likely N-dealkylation sites (tertiary alicyclic amines) is 1. The molecule has 1 aliphatic heterocycles. The number of carbonyl (C=O) groups is 2. The van der Waals surface area contributed by atoms with Gasteiger partial charge in [0.05, 0.1) is 43.0 Å². The highest BCUT2D eigenvalue weighted by Gasteiger charge is 2.46. The summed E-state index contributed by atoms with van der Waals surface area (Å²) in [5.41, 5.74) is 1.73. The van der Waals surface area contributed by atoms with Crippen LogP contribution in [0.4, 0.5) is 0 Å². The maximum absolute atomic E-state index is 13.2. The van der Waals surface area contributed by atoms with Crippen LogP contribution in [0, 0.1) is 0 Å². The molecule has 0 aliphatic carbocycles. The van der Waals surface area contributed by atoms with Crippen LogP contribution in [-0.2, 0) is 20.9 Å². The fourth-order valence-corrected chi connectivity index (χ4v) is 4.57. The van der Waals surface area contributed by atoms with Crippen LogP contribution in [0.5, 0.6) is 17.2 Å². The van der Waals surface area contributed by atoms with Crippen molar-refractivity contribution in [2.75, 3.05) is 34.5 Å². The Morgan fingerprint density at radius 2 is 1.63 bits per heavy atom. The zero-order chi connectivity index (χ0) is 27.2. The Kier molecular flexibility index (Phi) is 8.55. The van der Waals surface area contributed by atoms with Gasteiger partial charge in [-0.2, -0.15) is 0 Å². The second kappa shape index (κ2) is 12.0. The molecule has 1 amide bonds. The molecule has 1 atom stereocenters. The van der Waals surface area contributed by atoms with Crippen LogP contribution in [0.15, 0.2) is 72.3 Å². The first-order valence-corrected chi connectivity index (χ1v) is 12.2. The van der Waals surface area contributed by atoms with Crippen molar-refractivity contribution in [1.82, 2.24) is 4.90 Å². The summed E-state index contributed by atoms with van der Waals surface area (Å²) in [6, 6.07) is 18.9. The van der Waals surface area contributed by atoms with Gasteiger partial charge in [0.1, 0.15) is 29.6 Å². The van der Waals surface area contributed by atoms with E-state index in [-0.39, 0.29) is 35.1 Å². The molecule has 1 N–H and O–H groups in total. The zero-order valence-electron chi connectivity index (χ0n) is 21.3. The fourth-order valence-electron chi connectivity index (χ4n) is 4.32. The van der Waals surface area contributed by atoms with Gasteiger partial charge in [-0.05, 0) is 29.3 Å². The number of ketones is 1. The van der Waals surface area contributed by atoms with Crippen LogP contribution in [0.1, 0.15) is 22.7 Å². The van der Waals surface area contributed by atoms with Crippen LogP contribution in [0.3, 0.4) is 0 Å². The number of halogens is 1. The van der Waals surface area contributed by atoms with E-state index < -0.39 is 23.5 Å². The maximum atomic E-state index is 13.2. The van der Waals surface area contributed by atoms with Gasteiger partial charge in [-0.3, -0.25) is 9.59 Å². The monoisotopic (exact) mass is 537 g/mol. The number of nitrogens with zero attached hydrogens (tertiary/aromatic N) is 1. The van der Waals surface area contributed by atoms with Crippen molar-refractivity contribution >= 4 is 29.1 Å². The number of hydrogen-bond acceptors (Lipinski definition) is 7. The summed E-state index contributed by atoms with van der Waals surface area (Å²) in [7, 11) is 4.38. The minimum atomic E-state index is -0.862. The number of aliphatic hydroxyl groups excluding tert-OH is 1. The summed E-state index contributed by atoms with van der Waals surface area (Å²) in [5.74, 6) is -0.772. The van der Waals surface area contributed by atoms with E-state index in [0.29, 0.717) is 23.7 Å². The molecule has 0 spiro atoms. The predicted molar refractivity (Wildman–Crippen MR) is 143 cm³/mol. The second-order valence-corrected chi connectivity index (χ2v) is 8.92. The predicted octanol–water partition coefficient (Wildman–Crippen LogP) is 5.00. The van der Waals surface area contributed by atoms with Crippen molar-refractivity contribution in [3.8, 4) is 17.2 Å². The average Bonchev–Trinajstić information content (AvgIpc) is 3.20. The Morgan fingerprint density at radius 3 is 2.26 bits per heavy atom. The molecule has 1 saturated heterocycles.